The van der Waals surface area contributed by atoms with E-state index in [0.29, 0.717) is 19.4 Å². The number of fused-ring (bicyclic) bond motifs is 1. The van der Waals surface area contributed by atoms with E-state index < -0.39 is 0 Å². The van der Waals surface area contributed by atoms with Gasteiger partial charge in [-0.3, -0.25) is 9.59 Å². The highest BCUT2D eigenvalue weighted by atomic mass is 16.5. The predicted molar refractivity (Wildman–Crippen MR) is 112 cm³/mol. The molecule has 0 aliphatic carbocycles. The van der Waals surface area contributed by atoms with Gasteiger partial charge in [-0.2, -0.15) is 0 Å². The third kappa shape index (κ3) is 4.04. The molecule has 1 aliphatic heterocycles. The number of amides is 1. The maximum Gasteiger partial charge on any atom is 0.308 e. The molecule has 2 aromatic rings. The first-order valence-corrected chi connectivity index (χ1v) is 10.5. The Morgan fingerprint density at radius 1 is 1.34 bits per heavy atom. The van der Waals surface area contributed by atoms with Gasteiger partial charge in [0.1, 0.15) is 0 Å². The number of H-pyrrole nitrogens is 1. The van der Waals surface area contributed by atoms with Crippen molar-refractivity contribution < 1.29 is 19.4 Å². The number of likely N-dealkylation sites (tertiary alicyclic amines) is 1. The average molecular weight is 401 g/mol. The number of nitrogens with zero attached hydrogens (tertiary/aromatic N) is 1. The van der Waals surface area contributed by atoms with Crippen molar-refractivity contribution in [2.75, 3.05) is 20.3 Å². The van der Waals surface area contributed by atoms with Crippen LogP contribution in [0.5, 0.6) is 0 Å². The van der Waals surface area contributed by atoms with E-state index in [1.165, 1.54) is 7.11 Å². The fraction of sp³-hybridized carbons (Fsp3) is 0.565. The van der Waals surface area contributed by atoms with Gasteiger partial charge in [0.15, 0.2) is 0 Å². The highest BCUT2D eigenvalue weighted by Crippen LogP contribution is 2.44. The number of carbonyl (C=O) groups excluding carboxylic acids is 2. The molecule has 6 nitrogen and oxygen atoms in total. The molecular formula is C23H32N2O4. The topological polar surface area (TPSA) is 82.6 Å². The van der Waals surface area contributed by atoms with E-state index in [1.807, 2.05) is 36.1 Å². The minimum Gasteiger partial charge on any atom is -0.469 e. The van der Waals surface area contributed by atoms with Gasteiger partial charge < -0.3 is 19.7 Å². The summed E-state index contributed by atoms with van der Waals surface area (Å²) in [4.78, 5) is 30.3. The molecule has 1 saturated heterocycles. The van der Waals surface area contributed by atoms with Gasteiger partial charge in [0.25, 0.3) is 0 Å². The van der Waals surface area contributed by atoms with E-state index in [4.69, 9.17) is 4.74 Å². The van der Waals surface area contributed by atoms with E-state index in [0.717, 1.165) is 28.6 Å². The first-order valence-electron chi connectivity index (χ1n) is 10.5. The van der Waals surface area contributed by atoms with Crippen LogP contribution in [-0.4, -0.2) is 47.1 Å². The number of para-hydroxylation sites is 1. The van der Waals surface area contributed by atoms with Gasteiger partial charge in [-0.1, -0.05) is 38.5 Å². The molecule has 1 aromatic carbocycles. The molecular weight excluding hydrogens is 368 g/mol. The number of aliphatic hydroxyl groups excluding tert-OH is 1. The second-order valence-electron chi connectivity index (χ2n) is 8.10. The molecule has 1 fully saturated rings. The zero-order valence-corrected chi connectivity index (χ0v) is 17.8. The Hall–Kier alpha value is -2.34. The van der Waals surface area contributed by atoms with Crippen molar-refractivity contribution in [2.24, 2.45) is 17.8 Å². The number of rotatable bonds is 6. The van der Waals surface area contributed by atoms with Gasteiger partial charge in [0, 0.05) is 36.7 Å². The SMILES string of the molecule is CCC1CN(C(C)=O)C(c2[nH]c3ccccc3c2CCO)CC1C(C)C(=O)OC. The highest BCUT2D eigenvalue weighted by Gasteiger charge is 2.42. The molecule has 29 heavy (non-hydrogen) atoms. The number of nitrogens with one attached hydrogen (secondary N) is 1. The van der Waals surface area contributed by atoms with Gasteiger partial charge in [0.2, 0.25) is 5.91 Å². The van der Waals surface area contributed by atoms with E-state index in [-0.39, 0.29) is 42.3 Å². The van der Waals surface area contributed by atoms with E-state index in [2.05, 4.69) is 11.9 Å². The van der Waals surface area contributed by atoms with E-state index in [9.17, 15) is 14.7 Å². The zero-order valence-electron chi connectivity index (χ0n) is 17.8. The quantitative estimate of drug-likeness (QED) is 0.728. The van der Waals surface area contributed by atoms with Gasteiger partial charge in [-0.05, 0) is 36.3 Å². The number of hydrogen-bond donors (Lipinski definition) is 2. The molecule has 0 spiro atoms. The minimum atomic E-state index is -0.229. The maximum absolute atomic E-state index is 12.6. The molecule has 4 atom stereocenters. The van der Waals surface area contributed by atoms with Crippen LogP contribution in [0.15, 0.2) is 24.3 Å². The number of piperidine rings is 1. The summed E-state index contributed by atoms with van der Waals surface area (Å²) in [5.74, 6) is -0.0227. The number of esters is 1. The molecule has 0 radical (unpaired) electrons. The fourth-order valence-corrected chi connectivity index (χ4v) is 5.01. The van der Waals surface area contributed by atoms with Crippen molar-refractivity contribution in [3.63, 3.8) is 0 Å². The lowest BCUT2D eigenvalue weighted by Crippen LogP contribution is -2.47. The van der Waals surface area contributed by atoms with Gasteiger partial charge >= 0.3 is 5.97 Å². The molecule has 158 valence electrons. The van der Waals surface area contributed by atoms with Crippen molar-refractivity contribution in [3.05, 3.63) is 35.5 Å². The second-order valence-corrected chi connectivity index (χ2v) is 8.10. The molecule has 1 aromatic heterocycles. The monoisotopic (exact) mass is 400 g/mol. The lowest BCUT2D eigenvalue weighted by Gasteiger charge is -2.45. The van der Waals surface area contributed by atoms with Crippen LogP contribution in [0.25, 0.3) is 10.9 Å². The zero-order chi connectivity index (χ0) is 21.1. The summed E-state index contributed by atoms with van der Waals surface area (Å²) < 4.78 is 5.02. The summed E-state index contributed by atoms with van der Waals surface area (Å²) in [7, 11) is 1.43. The van der Waals surface area contributed by atoms with Crippen molar-refractivity contribution in [1.29, 1.82) is 0 Å². The van der Waals surface area contributed by atoms with Crippen LogP contribution in [0, 0.1) is 17.8 Å². The summed E-state index contributed by atoms with van der Waals surface area (Å²) >= 11 is 0. The van der Waals surface area contributed by atoms with Crippen molar-refractivity contribution in [1.82, 2.24) is 9.88 Å². The van der Waals surface area contributed by atoms with Crippen LogP contribution in [-0.2, 0) is 20.7 Å². The Morgan fingerprint density at radius 2 is 2.07 bits per heavy atom. The number of aliphatic hydroxyl groups is 1. The van der Waals surface area contributed by atoms with Crippen LogP contribution in [0.4, 0.5) is 0 Å². The first kappa shape index (κ1) is 21.4. The Balaban J connectivity index is 2.07. The second kappa shape index (κ2) is 8.99. The summed E-state index contributed by atoms with van der Waals surface area (Å²) in [5.41, 5.74) is 3.04. The van der Waals surface area contributed by atoms with Gasteiger partial charge in [-0.15, -0.1) is 0 Å². The van der Waals surface area contributed by atoms with Crippen LogP contribution in [0.3, 0.4) is 0 Å². The number of methoxy groups -OCH3 is 1. The molecule has 0 saturated carbocycles. The number of hydrogen-bond acceptors (Lipinski definition) is 4. The lowest BCUT2D eigenvalue weighted by molar-refractivity contribution is -0.150. The standard InChI is InChI=1S/C23H32N2O4/c1-5-16-13-25(15(3)27)21(12-19(16)14(2)23(28)29-4)22-18(10-11-26)17-8-6-7-9-20(17)24-22/h6-9,14,16,19,21,24,26H,5,10-13H2,1-4H3. The third-order valence-electron chi connectivity index (χ3n) is 6.59. The fourth-order valence-electron chi connectivity index (χ4n) is 5.01. The minimum absolute atomic E-state index is 0.0335. The molecule has 3 rings (SSSR count). The summed E-state index contributed by atoms with van der Waals surface area (Å²) in [5, 5.41) is 10.7. The van der Waals surface area contributed by atoms with Crippen LogP contribution < -0.4 is 0 Å². The molecule has 2 heterocycles. The summed E-state index contributed by atoms with van der Waals surface area (Å²) in [6, 6.07) is 7.87. The third-order valence-corrected chi connectivity index (χ3v) is 6.59. The number of benzene rings is 1. The summed E-state index contributed by atoms with van der Waals surface area (Å²) in [6.45, 7) is 6.32. The Kier molecular flexibility index (Phi) is 6.63. The molecule has 2 N–H and O–H groups in total. The molecule has 4 unspecified atom stereocenters. The van der Waals surface area contributed by atoms with Gasteiger partial charge in [0.05, 0.1) is 19.1 Å². The normalized spacial score (nSPS) is 23.2. The first-order chi connectivity index (χ1) is 13.9. The van der Waals surface area contributed by atoms with Crippen LogP contribution in [0.1, 0.15) is 50.9 Å². The van der Waals surface area contributed by atoms with Crippen LogP contribution >= 0.6 is 0 Å². The number of aromatic nitrogens is 1. The average Bonchev–Trinajstić information content (AvgIpc) is 3.10. The highest BCUT2D eigenvalue weighted by molar-refractivity contribution is 5.85. The largest absolute Gasteiger partial charge is 0.469 e. The number of ether oxygens (including phenoxy) is 1. The smallest absolute Gasteiger partial charge is 0.308 e. The molecule has 1 aliphatic rings. The molecule has 1 amide bonds. The van der Waals surface area contributed by atoms with E-state index >= 15 is 0 Å². The van der Waals surface area contributed by atoms with Crippen molar-refractivity contribution in [2.45, 2.75) is 46.1 Å². The predicted octanol–water partition coefficient (Wildman–Crippen LogP) is 3.45. The number of aromatic amines is 1. The van der Waals surface area contributed by atoms with Gasteiger partial charge in [-0.25, -0.2) is 0 Å². The number of carbonyl (C=O) groups is 2. The molecule has 0 bridgehead atoms. The Bertz CT molecular complexity index is 875. The lowest BCUT2D eigenvalue weighted by atomic mass is 9.72. The Labute approximate surface area is 172 Å². The van der Waals surface area contributed by atoms with Crippen molar-refractivity contribution >= 4 is 22.8 Å². The van der Waals surface area contributed by atoms with Crippen LogP contribution in [0.2, 0.25) is 0 Å². The Morgan fingerprint density at radius 3 is 2.69 bits per heavy atom. The van der Waals surface area contributed by atoms with Crippen molar-refractivity contribution in [3.8, 4) is 0 Å². The van der Waals surface area contributed by atoms with E-state index in [1.54, 1.807) is 6.92 Å². The maximum atomic E-state index is 12.6. The molecule has 6 heteroatoms. The summed E-state index contributed by atoms with van der Waals surface area (Å²) in [6.07, 6.45) is 2.12.